The molecule has 0 spiro atoms. The van der Waals surface area contributed by atoms with E-state index in [1.165, 1.54) is 12.3 Å². The molecule has 1 aromatic heterocycles. The summed E-state index contributed by atoms with van der Waals surface area (Å²) in [6.45, 7) is 0. The normalized spacial score (nSPS) is 12.4. The molecule has 1 aromatic carbocycles. The Bertz CT molecular complexity index is 491. The standard InChI is InChI=1S/C12H8Cl2O2/c13-10(8-4-2-1-3-5-8)11(15)9-6-7-16-12(9)14/h1-7,10H. The maximum absolute atomic E-state index is 12.0. The van der Waals surface area contributed by atoms with E-state index in [-0.39, 0.29) is 11.0 Å². The lowest BCUT2D eigenvalue weighted by atomic mass is 10.1. The first-order valence-electron chi connectivity index (χ1n) is 4.66. The summed E-state index contributed by atoms with van der Waals surface area (Å²) in [5, 5.41) is -0.664. The van der Waals surface area contributed by atoms with Gasteiger partial charge in [0.05, 0.1) is 11.8 Å². The van der Waals surface area contributed by atoms with Crippen molar-refractivity contribution < 1.29 is 9.21 Å². The van der Waals surface area contributed by atoms with Crippen molar-refractivity contribution in [3.05, 3.63) is 59.0 Å². The molecule has 2 rings (SSSR count). The fourth-order valence-corrected chi connectivity index (χ4v) is 1.85. The molecule has 0 radical (unpaired) electrons. The van der Waals surface area contributed by atoms with Gasteiger partial charge in [0.1, 0.15) is 5.38 Å². The molecular weight excluding hydrogens is 247 g/mol. The van der Waals surface area contributed by atoms with Crippen molar-refractivity contribution in [3.63, 3.8) is 0 Å². The Kier molecular flexibility index (Phi) is 3.32. The first-order chi connectivity index (χ1) is 7.70. The van der Waals surface area contributed by atoms with Gasteiger partial charge in [0.2, 0.25) is 5.22 Å². The Labute approximate surface area is 103 Å². The summed E-state index contributed by atoms with van der Waals surface area (Å²) in [7, 11) is 0. The van der Waals surface area contributed by atoms with Crippen LogP contribution in [0.25, 0.3) is 0 Å². The number of carbonyl (C=O) groups excluding carboxylic acids is 1. The van der Waals surface area contributed by atoms with Gasteiger partial charge in [-0.05, 0) is 23.2 Å². The molecule has 0 bridgehead atoms. The molecule has 2 aromatic rings. The van der Waals surface area contributed by atoms with Crippen LogP contribution in [0.5, 0.6) is 0 Å². The Morgan fingerprint density at radius 1 is 1.19 bits per heavy atom. The third-order valence-electron chi connectivity index (χ3n) is 2.21. The number of furan rings is 1. The highest BCUT2D eigenvalue weighted by molar-refractivity contribution is 6.38. The molecule has 2 nitrogen and oxygen atoms in total. The largest absolute Gasteiger partial charge is 0.452 e. The maximum Gasteiger partial charge on any atom is 0.203 e. The van der Waals surface area contributed by atoms with Crippen molar-refractivity contribution >= 4 is 29.0 Å². The van der Waals surface area contributed by atoms with Crippen LogP contribution < -0.4 is 0 Å². The van der Waals surface area contributed by atoms with Crippen LogP contribution in [-0.2, 0) is 0 Å². The summed E-state index contributed by atoms with van der Waals surface area (Å²) in [6.07, 6.45) is 1.37. The van der Waals surface area contributed by atoms with E-state index in [1.54, 1.807) is 12.1 Å². The Balaban J connectivity index is 2.27. The molecule has 0 N–H and O–H groups in total. The molecule has 0 aliphatic rings. The van der Waals surface area contributed by atoms with Crippen LogP contribution in [0.15, 0.2) is 47.1 Å². The fraction of sp³-hybridized carbons (Fsp3) is 0.0833. The van der Waals surface area contributed by atoms with E-state index in [2.05, 4.69) is 0 Å². The van der Waals surface area contributed by atoms with E-state index in [1.807, 2.05) is 18.2 Å². The van der Waals surface area contributed by atoms with E-state index in [9.17, 15) is 4.79 Å². The highest BCUT2D eigenvalue weighted by Crippen LogP contribution is 2.28. The highest BCUT2D eigenvalue weighted by Gasteiger charge is 2.22. The number of alkyl halides is 1. The lowest BCUT2D eigenvalue weighted by Crippen LogP contribution is -2.06. The fourth-order valence-electron chi connectivity index (χ4n) is 1.38. The molecule has 82 valence electrons. The first-order valence-corrected chi connectivity index (χ1v) is 5.48. The zero-order valence-electron chi connectivity index (χ0n) is 8.19. The monoisotopic (exact) mass is 254 g/mol. The minimum absolute atomic E-state index is 0.0755. The van der Waals surface area contributed by atoms with Gasteiger partial charge in [-0.1, -0.05) is 30.3 Å². The van der Waals surface area contributed by atoms with Gasteiger partial charge >= 0.3 is 0 Å². The Morgan fingerprint density at radius 3 is 2.44 bits per heavy atom. The van der Waals surface area contributed by atoms with Gasteiger partial charge in [0, 0.05) is 0 Å². The predicted molar refractivity (Wildman–Crippen MR) is 63.1 cm³/mol. The van der Waals surface area contributed by atoms with E-state index < -0.39 is 5.38 Å². The summed E-state index contributed by atoms with van der Waals surface area (Å²) >= 11 is 11.8. The van der Waals surface area contributed by atoms with Gasteiger partial charge in [-0.3, -0.25) is 4.79 Å². The highest BCUT2D eigenvalue weighted by atomic mass is 35.5. The molecule has 16 heavy (non-hydrogen) atoms. The third-order valence-corrected chi connectivity index (χ3v) is 2.95. The average Bonchev–Trinajstić information content (AvgIpc) is 2.75. The molecule has 1 atom stereocenters. The minimum atomic E-state index is -0.740. The third kappa shape index (κ3) is 2.13. The SMILES string of the molecule is O=C(c1ccoc1Cl)C(Cl)c1ccccc1. The van der Waals surface area contributed by atoms with E-state index in [0.717, 1.165) is 5.56 Å². The summed E-state index contributed by atoms with van der Waals surface area (Å²) in [4.78, 5) is 12.0. The second-order valence-corrected chi connectivity index (χ2v) is 4.03. The van der Waals surface area contributed by atoms with Gasteiger partial charge < -0.3 is 4.42 Å². The van der Waals surface area contributed by atoms with Crippen molar-refractivity contribution in [2.75, 3.05) is 0 Å². The van der Waals surface area contributed by atoms with Gasteiger partial charge in [-0.15, -0.1) is 11.6 Å². The number of hydrogen-bond acceptors (Lipinski definition) is 2. The van der Waals surface area contributed by atoms with Gasteiger partial charge in [0.25, 0.3) is 0 Å². The average molecular weight is 255 g/mol. The first kappa shape index (κ1) is 11.2. The number of rotatable bonds is 3. The molecular formula is C12H8Cl2O2. The summed E-state index contributed by atoms with van der Waals surface area (Å²) in [5.41, 5.74) is 1.05. The molecule has 4 heteroatoms. The van der Waals surface area contributed by atoms with Crippen molar-refractivity contribution in [3.8, 4) is 0 Å². The van der Waals surface area contributed by atoms with Crippen LogP contribution in [0.4, 0.5) is 0 Å². The van der Waals surface area contributed by atoms with E-state index in [4.69, 9.17) is 27.6 Å². The number of Topliss-reactive ketones (excluding diaryl/α,β-unsaturated/α-hetero) is 1. The zero-order chi connectivity index (χ0) is 11.5. The molecule has 0 saturated carbocycles. The summed E-state index contributed by atoms with van der Waals surface area (Å²) in [5.74, 6) is -0.258. The molecule has 0 amide bonds. The van der Waals surface area contributed by atoms with Crippen molar-refractivity contribution in [1.29, 1.82) is 0 Å². The van der Waals surface area contributed by atoms with Crippen LogP contribution in [-0.4, -0.2) is 5.78 Å². The molecule has 0 aliphatic carbocycles. The van der Waals surface area contributed by atoms with Crippen LogP contribution in [0.2, 0.25) is 5.22 Å². The van der Waals surface area contributed by atoms with Crippen LogP contribution in [0, 0.1) is 0 Å². The van der Waals surface area contributed by atoms with Crippen LogP contribution in [0.3, 0.4) is 0 Å². The molecule has 1 unspecified atom stereocenters. The van der Waals surface area contributed by atoms with Gasteiger partial charge in [-0.2, -0.15) is 0 Å². The molecule has 0 fully saturated rings. The number of carbonyl (C=O) groups is 1. The quantitative estimate of drug-likeness (QED) is 0.610. The predicted octanol–water partition coefficient (Wildman–Crippen LogP) is 4.10. The van der Waals surface area contributed by atoms with Crippen molar-refractivity contribution in [2.45, 2.75) is 5.38 Å². The van der Waals surface area contributed by atoms with Crippen LogP contribution >= 0.6 is 23.2 Å². The number of benzene rings is 1. The van der Waals surface area contributed by atoms with Gasteiger partial charge in [0.15, 0.2) is 5.78 Å². The second-order valence-electron chi connectivity index (χ2n) is 3.25. The minimum Gasteiger partial charge on any atom is -0.452 e. The smallest absolute Gasteiger partial charge is 0.203 e. The molecule has 0 aliphatic heterocycles. The Morgan fingerprint density at radius 2 is 1.88 bits per heavy atom. The number of hydrogen-bond donors (Lipinski definition) is 0. The Hall–Kier alpha value is -1.25. The second kappa shape index (κ2) is 4.73. The summed E-state index contributed by atoms with van der Waals surface area (Å²) < 4.78 is 4.86. The molecule has 1 heterocycles. The van der Waals surface area contributed by atoms with E-state index in [0.29, 0.717) is 5.56 Å². The lowest BCUT2D eigenvalue weighted by molar-refractivity contribution is 0.0986. The lowest BCUT2D eigenvalue weighted by Gasteiger charge is -2.07. The number of ketones is 1. The maximum atomic E-state index is 12.0. The van der Waals surface area contributed by atoms with Gasteiger partial charge in [-0.25, -0.2) is 0 Å². The summed E-state index contributed by atoms with van der Waals surface area (Å²) in [6, 6.07) is 10.6. The van der Waals surface area contributed by atoms with Crippen LogP contribution in [0.1, 0.15) is 21.3 Å². The van der Waals surface area contributed by atoms with Crippen molar-refractivity contribution in [2.24, 2.45) is 0 Å². The molecule has 0 saturated heterocycles. The van der Waals surface area contributed by atoms with Crippen molar-refractivity contribution in [1.82, 2.24) is 0 Å². The topological polar surface area (TPSA) is 30.2 Å². The number of halogens is 2. The zero-order valence-corrected chi connectivity index (χ0v) is 9.70. The van der Waals surface area contributed by atoms with E-state index >= 15 is 0 Å².